The number of unbranched alkanes of at least 4 members (excludes halogenated alkanes) is 4. The van der Waals surface area contributed by atoms with E-state index in [0.717, 1.165) is 31.2 Å². The average Bonchev–Trinajstić information content (AvgIpc) is 2.92. The fraction of sp³-hybridized carbons (Fsp3) is 0.545. The number of hydrogen-bond donors (Lipinski definition) is 3. The third kappa shape index (κ3) is 11.2. The largest absolute Gasteiger partial charge is 0.508 e. The van der Waals surface area contributed by atoms with Gasteiger partial charge in [-0.05, 0) is 94.4 Å². The average molecular weight is 600 g/mol. The number of nitrogens with zero attached hydrogens (tertiary/aromatic N) is 1. The topological polar surface area (TPSA) is 108 Å². The molecule has 3 N–H and O–H groups in total. The lowest BCUT2D eigenvalue weighted by Gasteiger charge is -2.35. The van der Waals surface area contributed by atoms with Gasteiger partial charge in [0, 0.05) is 12.2 Å². The molecule has 2 unspecified atom stereocenters. The van der Waals surface area contributed by atoms with Gasteiger partial charge in [-0.3, -0.25) is 9.59 Å². The summed E-state index contributed by atoms with van der Waals surface area (Å²) in [6, 6.07) is 10.6. The van der Waals surface area contributed by atoms with Crippen LogP contribution in [-0.2, 0) is 14.3 Å². The SMILES string of the molecule is CCCCCCCN(C(=O)C(CCSC)NC(=O)OC(C)(C)C)C(C(=O)Nc1ccccc1C)c1ccc(O)c(C)c1. The summed E-state index contributed by atoms with van der Waals surface area (Å²) in [7, 11) is 0. The van der Waals surface area contributed by atoms with Crippen molar-refractivity contribution in [1.82, 2.24) is 10.2 Å². The number of carbonyl (C=O) groups excluding carboxylic acids is 3. The van der Waals surface area contributed by atoms with Gasteiger partial charge < -0.3 is 25.4 Å². The Balaban J connectivity index is 2.56. The molecule has 232 valence electrons. The highest BCUT2D eigenvalue weighted by molar-refractivity contribution is 7.98. The predicted molar refractivity (Wildman–Crippen MR) is 172 cm³/mol. The standard InChI is InChI=1S/C33H49N3O5S/c1-8-9-10-11-14-20-36(31(39)27(19-21-42-7)35-32(40)41-33(4,5)6)29(25-17-18-28(37)24(3)22-25)30(38)34-26-16-13-12-15-23(26)2/h12-13,15-18,22,27,29,37H,8-11,14,19-21H2,1-7H3,(H,34,38)(H,35,40). The number of amides is 3. The number of benzene rings is 2. The van der Waals surface area contributed by atoms with Crippen molar-refractivity contribution in [3.8, 4) is 5.75 Å². The van der Waals surface area contributed by atoms with Gasteiger partial charge in [0.1, 0.15) is 23.4 Å². The number of aromatic hydroxyl groups is 1. The maximum atomic E-state index is 14.4. The van der Waals surface area contributed by atoms with Crippen LogP contribution in [0.2, 0.25) is 0 Å². The highest BCUT2D eigenvalue weighted by Gasteiger charge is 2.36. The summed E-state index contributed by atoms with van der Waals surface area (Å²) in [6.45, 7) is 11.5. The first-order chi connectivity index (χ1) is 19.9. The number of thioether (sulfide) groups is 1. The highest BCUT2D eigenvalue weighted by atomic mass is 32.2. The molecule has 0 saturated carbocycles. The number of para-hydroxylation sites is 1. The molecule has 0 aliphatic carbocycles. The zero-order valence-electron chi connectivity index (χ0n) is 26.3. The fourth-order valence-electron chi connectivity index (χ4n) is 4.63. The van der Waals surface area contributed by atoms with Crippen LogP contribution in [-0.4, -0.2) is 58.1 Å². The third-order valence-corrected chi connectivity index (χ3v) is 7.53. The van der Waals surface area contributed by atoms with Crippen LogP contribution >= 0.6 is 11.8 Å². The number of ether oxygens (including phenoxy) is 1. The third-order valence-electron chi connectivity index (χ3n) is 6.88. The van der Waals surface area contributed by atoms with E-state index in [1.165, 1.54) is 0 Å². The van der Waals surface area contributed by atoms with E-state index in [4.69, 9.17) is 4.74 Å². The van der Waals surface area contributed by atoms with Crippen molar-refractivity contribution in [2.75, 3.05) is 23.9 Å². The lowest BCUT2D eigenvalue weighted by Crippen LogP contribution is -2.52. The van der Waals surface area contributed by atoms with Crippen LogP contribution < -0.4 is 10.6 Å². The van der Waals surface area contributed by atoms with Gasteiger partial charge in [0.2, 0.25) is 5.91 Å². The molecule has 0 aliphatic heterocycles. The lowest BCUT2D eigenvalue weighted by atomic mass is 9.99. The molecule has 0 bridgehead atoms. The molecule has 0 spiro atoms. The molecule has 0 saturated heterocycles. The predicted octanol–water partition coefficient (Wildman–Crippen LogP) is 7.13. The van der Waals surface area contributed by atoms with Crippen molar-refractivity contribution in [2.24, 2.45) is 0 Å². The summed E-state index contributed by atoms with van der Waals surface area (Å²) in [6.07, 6.45) is 6.48. The van der Waals surface area contributed by atoms with Gasteiger partial charge >= 0.3 is 6.09 Å². The molecule has 0 aromatic heterocycles. The molecular weight excluding hydrogens is 550 g/mol. The number of nitrogens with one attached hydrogen (secondary N) is 2. The van der Waals surface area contributed by atoms with Crippen LogP contribution in [0.5, 0.6) is 5.75 Å². The van der Waals surface area contributed by atoms with Gasteiger partial charge in [0.15, 0.2) is 0 Å². The Bertz CT molecular complexity index is 1180. The number of hydrogen-bond acceptors (Lipinski definition) is 6. The second kappa shape index (κ2) is 17.0. The van der Waals surface area contributed by atoms with Gasteiger partial charge in [0.25, 0.3) is 5.91 Å². The molecule has 0 aliphatic rings. The van der Waals surface area contributed by atoms with Gasteiger partial charge in [-0.2, -0.15) is 11.8 Å². The molecule has 0 fully saturated rings. The van der Waals surface area contributed by atoms with E-state index in [1.54, 1.807) is 62.6 Å². The zero-order chi connectivity index (χ0) is 31.3. The van der Waals surface area contributed by atoms with E-state index in [9.17, 15) is 19.5 Å². The first-order valence-electron chi connectivity index (χ1n) is 14.8. The first kappa shape index (κ1) is 35.0. The first-order valence-corrected chi connectivity index (χ1v) is 16.2. The lowest BCUT2D eigenvalue weighted by molar-refractivity contribution is -0.141. The minimum Gasteiger partial charge on any atom is -0.508 e. The molecule has 42 heavy (non-hydrogen) atoms. The molecule has 3 amide bonds. The molecule has 2 aromatic carbocycles. The number of aryl methyl sites for hydroxylation is 2. The number of anilines is 1. The van der Waals surface area contributed by atoms with Crippen molar-refractivity contribution in [2.45, 2.75) is 97.8 Å². The van der Waals surface area contributed by atoms with Crippen LogP contribution in [0.1, 0.15) is 89.0 Å². The number of carbonyl (C=O) groups is 3. The molecule has 2 atom stereocenters. The number of rotatable bonds is 15. The van der Waals surface area contributed by atoms with Gasteiger partial charge in [-0.1, -0.05) is 56.9 Å². The molecule has 0 radical (unpaired) electrons. The maximum absolute atomic E-state index is 14.4. The monoisotopic (exact) mass is 599 g/mol. The quantitative estimate of drug-likeness (QED) is 0.188. The summed E-state index contributed by atoms with van der Waals surface area (Å²) < 4.78 is 5.48. The van der Waals surface area contributed by atoms with Crippen molar-refractivity contribution in [3.05, 3.63) is 59.2 Å². The Kier molecular flexibility index (Phi) is 14.2. The highest BCUT2D eigenvalue weighted by Crippen LogP contribution is 2.29. The van der Waals surface area contributed by atoms with Crippen molar-refractivity contribution < 1.29 is 24.2 Å². The smallest absolute Gasteiger partial charge is 0.408 e. The van der Waals surface area contributed by atoms with Crippen LogP contribution in [0.4, 0.5) is 10.5 Å². The van der Waals surface area contributed by atoms with Crippen molar-refractivity contribution >= 4 is 35.4 Å². The van der Waals surface area contributed by atoms with Gasteiger partial charge in [-0.15, -0.1) is 0 Å². The number of alkyl carbamates (subject to hydrolysis) is 1. The van der Waals surface area contributed by atoms with Crippen LogP contribution in [0.25, 0.3) is 0 Å². The summed E-state index contributed by atoms with van der Waals surface area (Å²) in [5, 5.41) is 16.1. The van der Waals surface area contributed by atoms with Crippen molar-refractivity contribution in [3.63, 3.8) is 0 Å². The Hall–Kier alpha value is -3.20. The van der Waals surface area contributed by atoms with E-state index >= 15 is 0 Å². The van der Waals surface area contributed by atoms with Crippen LogP contribution in [0.15, 0.2) is 42.5 Å². The number of phenolic OH excluding ortho intramolecular Hbond substituents is 1. The minimum atomic E-state index is -0.986. The Morgan fingerprint density at radius 2 is 1.69 bits per heavy atom. The molecule has 9 heteroatoms. The summed E-state index contributed by atoms with van der Waals surface area (Å²) in [4.78, 5) is 42.9. The van der Waals surface area contributed by atoms with E-state index in [-0.39, 0.29) is 17.6 Å². The van der Waals surface area contributed by atoms with E-state index in [2.05, 4.69) is 17.6 Å². The van der Waals surface area contributed by atoms with E-state index in [1.807, 2.05) is 37.4 Å². The van der Waals surface area contributed by atoms with Gasteiger partial charge in [0.05, 0.1) is 0 Å². The molecule has 8 nitrogen and oxygen atoms in total. The second-order valence-electron chi connectivity index (χ2n) is 11.7. The fourth-order valence-corrected chi connectivity index (χ4v) is 5.10. The Morgan fingerprint density at radius 3 is 2.31 bits per heavy atom. The molecular formula is C33H49N3O5S. The minimum absolute atomic E-state index is 0.110. The van der Waals surface area contributed by atoms with E-state index < -0.39 is 23.8 Å². The zero-order valence-corrected chi connectivity index (χ0v) is 27.1. The van der Waals surface area contributed by atoms with Crippen molar-refractivity contribution in [1.29, 1.82) is 0 Å². The molecule has 2 rings (SSSR count). The Morgan fingerprint density at radius 1 is 1.00 bits per heavy atom. The normalized spacial score (nSPS) is 12.7. The maximum Gasteiger partial charge on any atom is 0.408 e. The van der Waals surface area contributed by atoms with Crippen LogP contribution in [0.3, 0.4) is 0 Å². The molecule has 2 aromatic rings. The summed E-state index contributed by atoms with van der Waals surface area (Å²) >= 11 is 1.57. The summed E-state index contributed by atoms with van der Waals surface area (Å²) in [5.41, 5.74) is 2.01. The Labute approximate surface area is 256 Å². The van der Waals surface area contributed by atoms with Gasteiger partial charge in [-0.25, -0.2) is 4.79 Å². The van der Waals surface area contributed by atoms with Crippen LogP contribution in [0, 0.1) is 13.8 Å². The van der Waals surface area contributed by atoms with E-state index in [0.29, 0.717) is 42.0 Å². The second-order valence-corrected chi connectivity index (χ2v) is 12.7. The number of phenols is 1. The summed E-state index contributed by atoms with van der Waals surface area (Å²) in [5.74, 6) is 0.0338. The molecule has 0 heterocycles.